The van der Waals surface area contributed by atoms with Gasteiger partial charge in [0.2, 0.25) is 0 Å². The van der Waals surface area contributed by atoms with Crippen LogP contribution in [0.2, 0.25) is 0 Å². The fourth-order valence-corrected chi connectivity index (χ4v) is 1.79. The number of H-pyrrole nitrogens is 1. The van der Waals surface area contributed by atoms with Gasteiger partial charge in [-0.05, 0) is 0 Å². The Morgan fingerprint density at radius 1 is 1.56 bits per heavy atom. The Kier molecular flexibility index (Phi) is 3.37. The minimum atomic E-state index is -1.14. The van der Waals surface area contributed by atoms with Gasteiger partial charge in [0, 0.05) is 13.0 Å². The van der Waals surface area contributed by atoms with Gasteiger partial charge in [0.1, 0.15) is 6.04 Å². The second-order valence-electron chi connectivity index (χ2n) is 3.88. The number of β-amino-alcohol motifs (C(OH)–C–C–N with tert-alkyl or cyclic N) is 1. The zero-order chi connectivity index (χ0) is 13.1. The molecule has 0 aliphatic carbocycles. The predicted molar refractivity (Wildman–Crippen MR) is 55.2 cm³/mol. The Bertz CT molecular complexity index is 435. The molecular formula is C8H12N6O4. The highest BCUT2D eigenvalue weighted by atomic mass is 16.4. The van der Waals surface area contributed by atoms with Crippen LogP contribution in [0.5, 0.6) is 0 Å². The molecule has 1 aromatic heterocycles. The van der Waals surface area contributed by atoms with E-state index in [1.54, 1.807) is 0 Å². The molecule has 0 radical (unpaired) electrons. The summed E-state index contributed by atoms with van der Waals surface area (Å²) in [6, 6.07) is -1.59. The lowest BCUT2D eigenvalue weighted by Gasteiger charge is -2.20. The molecule has 1 aliphatic heterocycles. The first kappa shape index (κ1) is 12.2. The molecule has 0 saturated carbocycles. The Morgan fingerprint density at radius 2 is 2.33 bits per heavy atom. The molecule has 1 aliphatic rings. The number of rotatable bonds is 3. The lowest BCUT2D eigenvalue weighted by Crippen LogP contribution is -2.46. The van der Waals surface area contributed by atoms with E-state index in [-0.39, 0.29) is 25.3 Å². The fourth-order valence-electron chi connectivity index (χ4n) is 1.79. The quantitative estimate of drug-likeness (QED) is 0.486. The second-order valence-corrected chi connectivity index (χ2v) is 3.88. The smallest absolute Gasteiger partial charge is 0.326 e. The number of aliphatic hydroxyl groups excluding tert-OH is 1. The van der Waals surface area contributed by atoms with Gasteiger partial charge in [0.25, 0.3) is 0 Å². The monoisotopic (exact) mass is 256 g/mol. The second kappa shape index (κ2) is 4.96. The SMILES string of the molecule is O=C(O)C1CC(O)CN1C(=O)NCc1nn[nH]n1. The van der Waals surface area contributed by atoms with E-state index in [0.717, 1.165) is 4.90 Å². The minimum Gasteiger partial charge on any atom is -0.480 e. The Balaban J connectivity index is 1.93. The number of carboxylic acid groups (broad SMARTS) is 1. The summed E-state index contributed by atoms with van der Waals surface area (Å²) in [6.45, 7) is 0.0311. The number of aromatic amines is 1. The molecule has 10 heteroatoms. The van der Waals surface area contributed by atoms with E-state index in [1.165, 1.54) is 0 Å². The summed E-state index contributed by atoms with van der Waals surface area (Å²) >= 11 is 0. The molecule has 2 heterocycles. The van der Waals surface area contributed by atoms with E-state index in [0.29, 0.717) is 0 Å². The summed E-state index contributed by atoms with van der Waals surface area (Å²) in [7, 11) is 0. The first-order valence-corrected chi connectivity index (χ1v) is 5.25. The van der Waals surface area contributed by atoms with E-state index in [2.05, 4.69) is 25.9 Å². The molecule has 2 atom stereocenters. The third-order valence-electron chi connectivity index (χ3n) is 2.61. The van der Waals surface area contributed by atoms with E-state index >= 15 is 0 Å². The van der Waals surface area contributed by atoms with Crippen molar-refractivity contribution in [1.82, 2.24) is 30.8 Å². The number of aliphatic carboxylic acids is 1. The van der Waals surface area contributed by atoms with Gasteiger partial charge < -0.3 is 20.4 Å². The number of urea groups is 1. The number of amides is 2. The van der Waals surface area contributed by atoms with Gasteiger partial charge in [-0.15, -0.1) is 10.2 Å². The summed E-state index contributed by atoms with van der Waals surface area (Å²) in [5, 5.41) is 33.6. The van der Waals surface area contributed by atoms with Crippen LogP contribution in [0.3, 0.4) is 0 Å². The molecule has 0 aromatic carbocycles. The van der Waals surface area contributed by atoms with Crippen molar-refractivity contribution in [2.45, 2.75) is 25.1 Å². The van der Waals surface area contributed by atoms with E-state index < -0.39 is 24.1 Å². The van der Waals surface area contributed by atoms with Crippen LogP contribution in [0.25, 0.3) is 0 Å². The maximum atomic E-state index is 11.8. The van der Waals surface area contributed by atoms with Gasteiger partial charge in [-0.3, -0.25) is 0 Å². The summed E-state index contributed by atoms with van der Waals surface area (Å²) < 4.78 is 0. The van der Waals surface area contributed by atoms with Gasteiger partial charge in [0.05, 0.1) is 12.6 Å². The number of carbonyl (C=O) groups excluding carboxylic acids is 1. The zero-order valence-corrected chi connectivity index (χ0v) is 9.28. The number of carboxylic acids is 1. The van der Waals surface area contributed by atoms with E-state index in [4.69, 9.17) is 5.11 Å². The molecular weight excluding hydrogens is 244 g/mol. The van der Waals surface area contributed by atoms with E-state index in [1.807, 2.05) is 0 Å². The number of tetrazole rings is 1. The predicted octanol–water partition coefficient (Wildman–Crippen LogP) is -2.07. The van der Waals surface area contributed by atoms with Gasteiger partial charge in [-0.2, -0.15) is 5.21 Å². The van der Waals surface area contributed by atoms with Crippen molar-refractivity contribution in [3.8, 4) is 0 Å². The van der Waals surface area contributed by atoms with Gasteiger partial charge in [-0.1, -0.05) is 5.21 Å². The van der Waals surface area contributed by atoms with Crippen LogP contribution in [0, 0.1) is 0 Å². The van der Waals surface area contributed by atoms with Crippen LogP contribution < -0.4 is 5.32 Å². The van der Waals surface area contributed by atoms with Crippen molar-refractivity contribution in [1.29, 1.82) is 0 Å². The van der Waals surface area contributed by atoms with Gasteiger partial charge in [-0.25, -0.2) is 9.59 Å². The normalized spacial score (nSPS) is 23.1. The largest absolute Gasteiger partial charge is 0.480 e. The zero-order valence-electron chi connectivity index (χ0n) is 9.28. The number of carbonyl (C=O) groups is 2. The summed E-state index contributed by atoms with van der Waals surface area (Å²) in [5.41, 5.74) is 0. The van der Waals surface area contributed by atoms with Crippen molar-refractivity contribution in [2.75, 3.05) is 6.54 Å². The number of likely N-dealkylation sites (tertiary alicyclic amines) is 1. The topological polar surface area (TPSA) is 144 Å². The van der Waals surface area contributed by atoms with E-state index in [9.17, 15) is 14.7 Å². The molecule has 0 bridgehead atoms. The highest BCUT2D eigenvalue weighted by Gasteiger charge is 2.38. The Morgan fingerprint density at radius 3 is 2.94 bits per heavy atom. The van der Waals surface area contributed by atoms with Crippen LogP contribution in [0.1, 0.15) is 12.2 Å². The number of aromatic nitrogens is 4. The Labute approximate surface area is 101 Å². The van der Waals surface area contributed by atoms with Crippen molar-refractivity contribution in [3.63, 3.8) is 0 Å². The van der Waals surface area contributed by atoms with Gasteiger partial charge in [0.15, 0.2) is 5.82 Å². The molecule has 4 N–H and O–H groups in total. The van der Waals surface area contributed by atoms with Crippen molar-refractivity contribution in [3.05, 3.63) is 5.82 Å². The maximum Gasteiger partial charge on any atom is 0.326 e. The van der Waals surface area contributed by atoms with Crippen molar-refractivity contribution in [2.24, 2.45) is 0 Å². The summed E-state index contributed by atoms with van der Waals surface area (Å²) in [6.07, 6.45) is -0.785. The maximum absolute atomic E-state index is 11.8. The van der Waals surface area contributed by atoms with Crippen molar-refractivity contribution < 1.29 is 19.8 Å². The Hall–Kier alpha value is -2.23. The van der Waals surface area contributed by atoms with Crippen molar-refractivity contribution >= 4 is 12.0 Å². The molecule has 2 unspecified atom stereocenters. The molecule has 2 rings (SSSR count). The first-order chi connectivity index (χ1) is 8.58. The standard InChI is InChI=1S/C8H12N6O4/c15-4-1-5(7(16)17)14(3-4)8(18)9-2-6-10-12-13-11-6/h4-5,15H,1-3H2,(H,9,18)(H,16,17)(H,10,11,12,13). The minimum absolute atomic E-state index is 0.00492. The first-order valence-electron chi connectivity index (χ1n) is 5.25. The number of hydrogen-bond donors (Lipinski definition) is 4. The van der Waals surface area contributed by atoms with Gasteiger partial charge >= 0.3 is 12.0 Å². The highest BCUT2D eigenvalue weighted by molar-refractivity contribution is 5.83. The molecule has 2 amide bonds. The van der Waals surface area contributed by atoms with Crippen LogP contribution in [0.4, 0.5) is 4.79 Å². The fraction of sp³-hybridized carbons (Fsp3) is 0.625. The third kappa shape index (κ3) is 2.53. The molecule has 10 nitrogen and oxygen atoms in total. The van der Waals surface area contributed by atoms with Crippen LogP contribution >= 0.6 is 0 Å². The molecule has 0 spiro atoms. The molecule has 18 heavy (non-hydrogen) atoms. The van der Waals surface area contributed by atoms with Crippen LogP contribution in [-0.2, 0) is 11.3 Å². The number of nitrogens with one attached hydrogen (secondary N) is 2. The summed E-state index contributed by atoms with van der Waals surface area (Å²) in [5.74, 6) is -0.851. The summed E-state index contributed by atoms with van der Waals surface area (Å²) in [4.78, 5) is 23.8. The van der Waals surface area contributed by atoms with Crippen LogP contribution in [0.15, 0.2) is 0 Å². The number of nitrogens with zero attached hydrogens (tertiary/aromatic N) is 4. The molecule has 1 saturated heterocycles. The lowest BCUT2D eigenvalue weighted by molar-refractivity contribution is -0.141. The average molecular weight is 256 g/mol. The highest BCUT2D eigenvalue weighted by Crippen LogP contribution is 2.18. The molecule has 1 fully saturated rings. The molecule has 98 valence electrons. The average Bonchev–Trinajstić information content (AvgIpc) is 2.94. The molecule has 1 aromatic rings. The lowest BCUT2D eigenvalue weighted by atomic mass is 10.2. The number of hydrogen-bond acceptors (Lipinski definition) is 6. The third-order valence-corrected chi connectivity index (χ3v) is 2.61. The number of aliphatic hydroxyl groups is 1. The van der Waals surface area contributed by atoms with Crippen LogP contribution in [-0.4, -0.2) is 66.4 Å².